The zero-order valence-electron chi connectivity index (χ0n) is 17.0. The Morgan fingerprint density at radius 2 is 1.45 bits per heavy atom. The summed E-state index contributed by atoms with van der Waals surface area (Å²) < 4.78 is 10.7. The summed E-state index contributed by atoms with van der Waals surface area (Å²) in [6, 6.07) is 28.2. The van der Waals surface area contributed by atoms with Crippen LogP contribution in [0.15, 0.2) is 91.0 Å². The molecule has 0 bridgehead atoms. The van der Waals surface area contributed by atoms with E-state index < -0.39 is 5.97 Å². The molecule has 4 aromatic rings. The Kier molecular flexibility index (Phi) is 5.94. The monoisotopic (exact) mass is 411 g/mol. The summed E-state index contributed by atoms with van der Waals surface area (Å²) in [5.41, 5.74) is 1.58. The van der Waals surface area contributed by atoms with E-state index in [2.05, 4.69) is 11.4 Å². The van der Waals surface area contributed by atoms with Gasteiger partial charge in [-0.25, -0.2) is 4.79 Å². The van der Waals surface area contributed by atoms with Crippen LogP contribution < -0.4 is 10.1 Å². The maximum atomic E-state index is 12.5. The van der Waals surface area contributed by atoms with Crippen molar-refractivity contribution in [2.45, 2.75) is 6.42 Å². The second-order valence-electron chi connectivity index (χ2n) is 7.02. The SMILES string of the molecule is COC(=O)c1ccccc1NC(=O)Cc1ccc(Oc2ccc3ccccc3c2)cc1. The number of hydrogen-bond donors (Lipinski definition) is 1. The molecule has 1 N–H and O–H groups in total. The van der Waals surface area contributed by atoms with Gasteiger partial charge in [0, 0.05) is 0 Å². The van der Waals surface area contributed by atoms with E-state index in [0.717, 1.165) is 22.1 Å². The first-order valence-corrected chi connectivity index (χ1v) is 9.85. The highest BCUT2D eigenvalue weighted by Crippen LogP contribution is 2.26. The highest BCUT2D eigenvalue weighted by Gasteiger charge is 2.13. The van der Waals surface area contributed by atoms with Crippen molar-refractivity contribution in [3.63, 3.8) is 0 Å². The van der Waals surface area contributed by atoms with Crippen molar-refractivity contribution in [3.05, 3.63) is 102 Å². The minimum atomic E-state index is -0.494. The van der Waals surface area contributed by atoms with E-state index in [4.69, 9.17) is 9.47 Å². The van der Waals surface area contributed by atoms with Crippen LogP contribution >= 0.6 is 0 Å². The number of benzene rings is 4. The number of carbonyl (C=O) groups excluding carboxylic acids is 2. The summed E-state index contributed by atoms with van der Waals surface area (Å²) in [5, 5.41) is 5.04. The first-order chi connectivity index (χ1) is 15.1. The topological polar surface area (TPSA) is 64.6 Å². The Balaban J connectivity index is 1.40. The summed E-state index contributed by atoms with van der Waals surface area (Å²) in [4.78, 5) is 24.3. The number of para-hydroxylation sites is 1. The van der Waals surface area contributed by atoms with Crippen molar-refractivity contribution in [2.75, 3.05) is 12.4 Å². The standard InChI is InChI=1S/C26H21NO4/c1-30-26(29)23-8-4-5-9-24(23)27-25(28)16-18-10-13-21(14-11-18)31-22-15-12-19-6-2-3-7-20(19)17-22/h2-15,17H,16H2,1H3,(H,27,28). The lowest BCUT2D eigenvalue weighted by atomic mass is 10.1. The van der Waals surface area contributed by atoms with E-state index in [1.54, 1.807) is 24.3 Å². The Morgan fingerprint density at radius 3 is 2.23 bits per heavy atom. The summed E-state index contributed by atoms with van der Waals surface area (Å²) in [5.74, 6) is 0.727. The second kappa shape index (κ2) is 9.13. The zero-order chi connectivity index (χ0) is 21.6. The van der Waals surface area contributed by atoms with Crippen molar-refractivity contribution in [1.82, 2.24) is 0 Å². The third-order valence-electron chi connectivity index (χ3n) is 4.85. The predicted molar refractivity (Wildman–Crippen MR) is 121 cm³/mol. The highest BCUT2D eigenvalue weighted by atomic mass is 16.5. The summed E-state index contributed by atoms with van der Waals surface area (Å²) in [7, 11) is 1.31. The van der Waals surface area contributed by atoms with E-state index >= 15 is 0 Å². The number of rotatable bonds is 6. The highest BCUT2D eigenvalue weighted by molar-refractivity contribution is 6.01. The normalized spacial score (nSPS) is 10.5. The molecule has 0 heterocycles. The Hall–Kier alpha value is -4.12. The molecule has 154 valence electrons. The van der Waals surface area contributed by atoms with Crippen LogP contribution in [0.3, 0.4) is 0 Å². The minimum absolute atomic E-state index is 0.172. The van der Waals surface area contributed by atoms with Gasteiger partial charge in [-0.3, -0.25) is 4.79 Å². The van der Waals surface area contributed by atoms with Crippen molar-refractivity contribution >= 4 is 28.3 Å². The van der Waals surface area contributed by atoms with Crippen LogP contribution in [-0.2, 0) is 16.0 Å². The molecule has 0 atom stereocenters. The fraction of sp³-hybridized carbons (Fsp3) is 0.0769. The van der Waals surface area contributed by atoms with Crippen LogP contribution in [0.4, 0.5) is 5.69 Å². The molecule has 0 spiro atoms. The molecule has 5 nitrogen and oxygen atoms in total. The number of amides is 1. The van der Waals surface area contributed by atoms with Crippen LogP contribution in [0.25, 0.3) is 10.8 Å². The van der Waals surface area contributed by atoms with Gasteiger partial charge in [-0.15, -0.1) is 0 Å². The number of esters is 1. The lowest BCUT2D eigenvalue weighted by molar-refractivity contribution is -0.115. The van der Waals surface area contributed by atoms with Crippen LogP contribution in [0, 0.1) is 0 Å². The maximum Gasteiger partial charge on any atom is 0.339 e. The van der Waals surface area contributed by atoms with Crippen LogP contribution in [-0.4, -0.2) is 19.0 Å². The molecular weight excluding hydrogens is 390 g/mol. The second-order valence-corrected chi connectivity index (χ2v) is 7.02. The quantitative estimate of drug-likeness (QED) is 0.420. The predicted octanol–water partition coefficient (Wildman–Crippen LogP) is 5.60. The van der Waals surface area contributed by atoms with E-state index in [0.29, 0.717) is 17.0 Å². The van der Waals surface area contributed by atoms with E-state index in [9.17, 15) is 9.59 Å². The number of ether oxygens (including phenoxy) is 2. The van der Waals surface area contributed by atoms with Crippen molar-refractivity contribution in [3.8, 4) is 11.5 Å². The van der Waals surface area contributed by atoms with Gasteiger partial charge in [-0.05, 0) is 52.7 Å². The van der Waals surface area contributed by atoms with Gasteiger partial charge in [-0.1, -0.05) is 54.6 Å². The van der Waals surface area contributed by atoms with Gasteiger partial charge in [0.25, 0.3) is 0 Å². The number of anilines is 1. The first-order valence-electron chi connectivity index (χ1n) is 9.85. The molecule has 0 aromatic heterocycles. The molecule has 0 aliphatic carbocycles. The zero-order valence-corrected chi connectivity index (χ0v) is 17.0. The van der Waals surface area contributed by atoms with Crippen LogP contribution in [0.1, 0.15) is 15.9 Å². The van der Waals surface area contributed by atoms with Gasteiger partial charge in [-0.2, -0.15) is 0 Å². The van der Waals surface area contributed by atoms with Crippen molar-refractivity contribution in [1.29, 1.82) is 0 Å². The lowest BCUT2D eigenvalue weighted by Crippen LogP contribution is -2.17. The van der Waals surface area contributed by atoms with Crippen LogP contribution in [0.2, 0.25) is 0 Å². The number of nitrogens with one attached hydrogen (secondary N) is 1. The smallest absolute Gasteiger partial charge is 0.339 e. The van der Waals surface area contributed by atoms with Crippen molar-refractivity contribution in [2.24, 2.45) is 0 Å². The molecule has 4 aromatic carbocycles. The third-order valence-corrected chi connectivity index (χ3v) is 4.85. The van der Waals surface area contributed by atoms with E-state index in [1.807, 2.05) is 60.7 Å². The number of carbonyl (C=O) groups is 2. The third kappa shape index (κ3) is 4.90. The fourth-order valence-electron chi connectivity index (χ4n) is 3.30. The summed E-state index contributed by atoms with van der Waals surface area (Å²) >= 11 is 0. The van der Waals surface area contributed by atoms with Gasteiger partial charge in [0.05, 0.1) is 24.8 Å². The Morgan fingerprint density at radius 1 is 0.774 bits per heavy atom. The average molecular weight is 411 g/mol. The first kappa shape index (κ1) is 20.2. The largest absolute Gasteiger partial charge is 0.465 e. The van der Waals surface area contributed by atoms with Gasteiger partial charge < -0.3 is 14.8 Å². The maximum absolute atomic E-state index is 12.5. The summed E-state index contributed by atoms with van der Waals surface area (Å²) in [6.07, 6.45) is 0.172. The Bertz CT molecular complexity index is 1230. The number of fused-ring (bicyclic) bond motifs is 1. The van der Waals surface area contributed by atoms with E-state index in [-0.39, 0.29) is 12.3 Å². The minimum Gasteiger partial charge on any atom is -0.465 e. The molecule has 4 rings (SSSR count). The molecular formula is C26H21NO4. The molecule has 1 amide bonds. The van der Waals surface area contributed by atoms with Gasteiger partial charge in [0.1, 0.15) is 11.5 Å². The molecule has 0 radical (unpaired) electrons. The van der Waals surface area contributed by atoms with Crippen molar-refractivity contribution < 1.29 is 19.1 Å². The molecule has 0 unspecified atom stereocenters. The number of methoxy groups -OCH3 is 1. The average Bonchev–Trinajstić information content (AvgIpc) is 2.80. The van der Waals surface area contributed by atoms with E-state index in [1.165, 1.54) is 7.11 Å². The molecule has 0 fully saturated rings. The van der Waals surface area contributed by atoms with Gasteiger partial charge in [0.15, 0.2) is 0 Å². The van der Waals surface area contributed by atoms with Gasteiger partial charge >= 0.3 is 5.97 Å². The molecule has 5 heteroatoms. The molecule has 0 saturated carbocycles. The molecule has 0 aliphatic heterocycles. The molecule has 0 saturated heterocycles. The molecule has 0 aliphatic rings. The van der Waals surface area contributed by atoms with Crippen LogP contribution in [0.5, 0.6) is 11.5 Å². The summed E-state index contributed by atoms with van der Waals surface area (Å²) in [6.45, 7) is 0. The Labute approximate surface area is 180 Å². The lowest BCUT2D eigenvalue weighted by Gasteiger charge is -2.10. The molecule has 31 heavy (non-hydrogen) atoms. The number of hydrogen-bond acceptors (Lipinski definition) is 4. The van der Waals surface area contributed by atoms with Gasteiger partial charge in [0.2, 0.25) is 5.91 Å². The fourth-order valence-corrected chi connectivity index (χ4v) is 3.30.